The van der Waals surface area contributed by atoms with Crippen molar-refractivity contribution in [3.05, 3.63) is 35.9 Å². The number of hydrogen-bond donors (Lipinski definition) is 2. The van der Waals surface area contributed by atoms with Crippen LogP contribution in [-0.4, -0.2) is 43.4 Å². The summed E-state index contributed by atoms with van der Waals surface area (Å²) in [6.07, 6.45) is 0. The molecule has 0 heterocycles. The van der Waals surface area contributed by atoms with Crippen LogP contribution < -0.4 is 10.6 Å². The molecule has 1 aromatic rings. The lowest BCUT2D eigenvalue weighted by Crippen LogP contribution is -2.38. The summed E-state index contributed by atoms with van der Waals surface area (Å²) < 4.78 is 0. The molecule has 0 aromatic heterocycles. The highest BCUT2D eigenvalue weighted by molar-refractivity contribution is 5.84. The molecule has 0 aliphatic carbocycles. The number of benzene rings is 1. The average molecular weight is 276 g/mol. The van der Waals surface area contributed by atoms with Gasteiger partial charge < -0.3 is 15.5 Å². The van der Waals surface area contributed by atoms with E-state index in [9.17, 15) is 4.79 Å². The Bertz CT molecular complexity index is 423. The predicted molar refractivity (Wildman–Crippen MR) is 82.6 cm³/mol. The zero-order valence-corrected chi connectivity index (χ0v) is 12.5. The maximum Gasteiger partial charge on any atom is 0.244 e. The molecule has 0 radical (unpaired) electrons. The predicted octanol–water partition coefficient (Wildman–Crippen LogP) is 1.22. The summed E-state index contributed by atoms with van der Waals surface area (Å²) in [7, 11) is 1.80. The van der Waals surface area contributed by atoms with Crippen LogP contribution in [0.1, 0.15) is 19.4 Å². The summed E-state index contributed by atoms with van der Waals surface area (Å²) in [5, 5.41) is 6.19. The molecular formula is C15H24N4O. The molecule has 5 nitrogen and oxygen atoms in total. The first-order valence-corrected chi connectivity index (χ1v) is 6.97. The second-order valence-corrected chi connectivity index (χ2v) is 4.46. The number of nitrogens with zero attached hydrogens (tertiary/aromatic N) is 2. The zero-order chi connectivity index (χ0) is 14.8. The monoisotopic (exact) mass is 276 g/mol. The summed E-state index contributed by atoms with van der Waals surface area (Å²) in [6, 6.07) is 9.93. The second kappa shape index (κ2) is 8.96. The van der Waals surface area contributed by atoms with Crippen molar-refractivity contribution in [1.82, 2.24) is 15.5 Å². The highest BCUT2D eigenvalue weighted by atomic mass is 16.2. The fraction of sp³-hybridized carbons (Fsp3) is 0.467. The lowest BCUT2D eigenvalue weighted by atomic mass is 10.2. The van der Waals surface area contributed by atoms with E-state index in [4.69, 9.17) is 0 Å². The fourth-order valence-electron chi connectivity index (χ4n) is 1.72. The first-order valence-electron chi connectivity index (χ1n) is 6.97. The van der Waals surface area contributed by atoms with Gasteiger partial charge in [0.25, 0.3) is 0 Å². The largest absolute Gasteiger partial charge is 0.357 e. The van der Waals surface area contributed by atoms with Crippen LogP contribution in [0.15, 0.2) is 35.3 Å². The van der Waals surface area contributed by atoms with Crippen molar-refractivity contribution in [3.63, 3.8) is 0 Å². The molecule has 0 unspecified atom stereocenters. The molecule has 0 bridgehead atoms. The van der Waals surface area contributed by atoms with Gasteiger partial charge in [0.15, 0.2) is 5.96 Å². The topological polar surface area (TPSA) is 56.7 Å². The molecule has 1 amide bonds. The van der Waals surface area contributed by atoms with Gasteiger partial charge in [0.2, 0.25) is 5.91 Å². The van der Waals surface area contributed by atoms with Gasteiger partial charge in [-0.2, -0.15) is 0 Å². The van der Waals surface area contributed by atoms with Crippen LogP contribution in [0, 0.1) is 0 Å². The third-order valence-electron chi connectivity index (χ3n) is 2.75. The first kappa shape index (κ1) is 16.0. The highest BCUT2D eigenvalue weighted by Gasteiger charge is 2.08. The van der Waals surface area contributed by atoms with E-state index in [-0.39, 0.29) is 12.5 Å². The van der Waals surface area contributed by atoms with Crippen molar-refractivity contribution in [2.75, 3.05) is 26.7 Å². The number of guanidine groups is 1. The minimum Gasteiger partial charge on any atom is -0.357 e. The van der Waals surface area contributed by atoms with Crippen LogP contribution in [-0.2, 0) is 11.3 Å². The van der Waals surface area contributed by atoms with Gasteiger partial charge in [-0.15, -0.1) is 0 Å². The number of nitrogens with one attached hydrogen (secondary N) is 2. The molecular weight excluding hydrogens is 252 g/mol. The molecule has 0 saturated carbocycles. The summed E-state index contributed by atoms with van der Waals surface area (Å²) >= 11 is 0. The van der Waals surface area contributed by atoms with E-state index in [2.05, 4.69) is 15.6 Å². The Labute approximate surface area is 121 Å². The normalized spacial score (nSPS) is 9.75. The average Bonchev–Trinajstić information content (AvgIpc) is 2.46. The molecule has 5 heteroatoms. The third-order valence-corrected chi connectivity index (χ3v) is 2.75. The molecule has 1 rings (SSSR count). The van der Waals surface area contributed by atoms with Gasteiger partial charge in [0.1, 0.15) is 6.54 Å². The summed E-state index contributed by atoms with van der Waals surface area (Å²) in [6.45, 7) is 6.30. The van der Waals surface area contributed by atoms with Crippen molar-refractivity contribution in [2.24, 2.45) is 4.99 Å². The third kappa shape index (κ3) is 5.73. The molecule has 0 saturated heterocycles. The standard InChI is InChI=1S/C15H24N4O/c1-4-16-15(17-5-2)18-11-14(20)19(3)12-13-9-7-6-8-10-13/h6-10H,4-5,11-12H2,1-3H3,(H2,16,17,18). The number of amides is 1. The van der Waals surface area contributed by atoms with E-state index in [1.807, 2.05) is 44.2 Å². The number of likely N-dealkylation sites (N-methyl/N-ethyl adjacent to an activating group) is 1. The molecule has 0 aliphatic heterocycles. The van der Waals surface area contributed by atoms with E-state index in [0.29, 0.717) is 12.5 Å². The number of aliphatic imine (C=N–C) groups is 1. The smallest absolute Gasteiger partial charge is 0.244 e. The Hall–Kier alpha value is -2.04. The van der Waals surface area contributed by atoms with Crippen molar-refractivity contribution < 1.29 is 4.79 Å². The van der Waals surface area contributed by atoms with Crippen molar-refractivity contribution in [3.8, 4) is 0 Å². The maximum absolute atomic E-state index is 12.0. The van der Waals surface area contributed by atoms with Crippen molar-refractivity contribution in [1.29, 1.82) is 0 Å². The second-order valence-electron chi connectivity index (χ2n) is 4.46. The summed E-state index contributed by atoms with van der Waals surface area (Å²) in [4.78, 5) is 18.0. The maximum atomic E-state index is 12.0. The quantitative estimate of drug-likeness (QED) is 0.607. The van der Waals surface area contributed by atoms with E-state index in [1.54, 1.807) is 11.9 Å². The van der Waals surface area contributed by atoms with Crippen molar-refractivity contribution in [2.45, 2.75) is 20.4 Å². The van der Waals surface area contributed by atoms with Crippen LogP contribution in [0.2, 0.25) is 0 Å². The van der Waals surface area contributed by atoms with E-state index in [1.165, 1.54) is 0 Å². The van der Waals surface area contributed by atoms with Crippen molar-refractivity contribution >= 4 is 11.9 Å². The lowest BCUT2D eigenvalue weighted by Gasteiger charge is -2.16. The van der Waals surface area contributed by atoms with Gasteiger partial charge in [-0.1, -0.05) is 30.3 Å². The Morgan fingerprint density at radius 1 is 1.15 bits per heavy atom. The minimum atomic E-state index is 0.00200. The Morgan fingerprint density at radius 3 is 2.30 bits per heavy atom. The Kier molecular flexibility index (Phi) is 7.17. The molecule has 1 aromatic carbocycles. The number of hydrogen-bond acceptors (Lipinski definition) is 2. The lowest BCUT2D eigenvalue weighted by molar-refractivity contribution is -0.128. The molecule has 0 spiro atoms. The van der Waals surface area contributed by atoms with E-state index in [0.717, 1.165) is 18.7 Å². The van der Waals surface area contributed by atoms with Gasteiger partial charge in [-0.05, 0) is 19.4 Å². The van der Waals surface area contributed by atoms with E-state index < -0.39 is 0 Å². The fourth-order valence-corrected chi connectivity index (χ4v) is 1.72. The number of carbonyl (C=O) groups excluding carboxylic acids is 1. The minimum absolute atomic E-state index is 0.00200. The SMILES string of the molecule is CCNC(=NCC(=O)N(C)Cc1ccccc1)NCC. The Balaban J connectivity index is 2.50. The van der Waals surface area contributed by atoms with Gasteiger partial charge in [-0.3, -0.25) is 4.79 Å². The van der Waals surface area contributed by atoms with E-state index >= 15 is 0 Å². The van der Waals surface area contributed by atoms with Crippen LogP contribution >= 0.6 is 0 Å². The highest BCUT2D eigenvalue weighted by Crippen LogP contribution is 2.02. The van der Waals surface area contributed by atoms with Gasteiger partial charge in [0, 0.05) is 26.7 Å². The van der Waals surface area contributed by atoms with Gasteiger partial charge in [0.05, 0.1) is 0 Å². The van der Waals surface area contributed by atoms with Crippen LogP contribution in [0.3, 0.4) is 0 Å². The summed E-state index contributed by atoms with van der Waals surface area (Å²) in [5.74, 6) is 0.679. The summed E-state index contributed by atoms with van der Waals surface area (Å²) in [5.41, 5.74) is 1.12. The van der Waals surface area contributed by atoms with Gasteiger partial charge in [-0.25, -0.2) is 4.99 Å². The number of carbonyl (C=O) groups is 1. The van der Waals surface area contributed by atoms with Gasteiger partial charge >= 0.3 is 0 Å². The molecule has 110 valence electrons. The molecule has 0 atom stereocenters. The van der Waals surface area contributed by atoms with Crippen LogP contribution in [0.5, 0.6) is 0 Å². The molecule has 0 fully saturated rings. The Morgan fingerprint density at radius 2 is 1.75 bits per heavy atom. The molecule has 20 heavy (non-hydrogen) atoms. The van der Waals surface area contributed by atoms with Crippen LogP contribution in [0.4, 0.5) is 0 Å². The zero-order valence-electron chi connectivity index (χ0n) is 12.5. The molecule has 2 N–H and O–H groups in total. The first-order chi connectivity index (χ1) is 9.67. The number of rotatable bonds is 6. The van der Waals surface area contributed by atoms with Crippen LogP contribution in [0.25, 0.3) is 0 Å². The molecule has 0 aliphatic rings.